The van der Waals surface area contributed by atoms with E-state index in [2.05, 4.69) is 10.0 Å². The second-order valence-electron chi connectivity index (χ2n) is 7.27. The van der Waals surface area contributed by atoms with Crippen LogP contribution in [-0.4, -0.2) is 28.0 Å². The zero-order chi connectivity index (χ0) is 23.1. The first-order chi connectivity index (χ1) is 15.3. The summed E-state index contributed by atoms with van der Waals surface area (Å²) >= 11 is 0. The molecule has 1 atom stereocenters. The molecule has 0 unspecified atom stereocenters. The van der Waals surface area contributed by atoms with Crippen molar-refractivity contribution >= 4 is 21.6 Å². The van der Waals surface area contributed by atoms with E-state index in [-0.39, 0.29) is 23.5 Å². The molecule has 0 spiro atoms. The molecule has 32 heavy (non-hydrogen) atoms. The third-order valence-electron chi connectivity index (χ3n) is 4.76. The van der Waals surface area contributed by atoms with E-state index in [4.69, 9.17) is 9.47 Å². The highest BCUT2D eigenvalue weighted by Gasteiger charge is 2.16. The number of amides is 1. The van der Waals surface area contributed by atoms with Crippen LogP contribution >= 0.6 is 0 Å². The largest absolute Gasteiger partial charge is 0.496 e. The topological polar surface area (TPSA) is 93.7 Å². The molecule has 0 aliphatic carbocycles. The highest BCUT2D eigenvalue weighted by atomic mass is 32.2. The van der Waals surface area contributed by atoms with Gasteiger partial charge < -0.3 is 14.8 Å². The molecule has 0 aromatic heterocycles. The van der Waals surface area contributed by atoms with Crippen LogP contribution in [0.15, 0.2) is 77.7 Å². The molecular formula is C24H26N2O5S. The van der Waals surface area contributed by atoms with E-state index in [1.807, 2.05) is 44.2 Å². The molecule has 8 heteroatoms. The van der Waals surface area contributed by atoms with Gasteiger partial charge in [-0.3, -0.25) is 9.52 Å². The summed E-state index contributed by atoms with van der Waals surface area (Å²) in [5.74, 6) is 0.776. The molecule has 3 aromatic rings. The Morgan fingerprint density at radius 2 is 1.72 bits per heavy atom. The van der Waals surface area contributed by atoms with Gasteiger partial charge in [-0.15, -0.1) is 0 Å². The van der Waals surface area contributed by atoms with Gasteiger partial charge in [0.15, 0.2) is 6.61 Å². The zero-order valence-corrected chi connectivity index (χ0v) is 19.0. The number of aryl methyl sites for hydroxylation is 1. The number of sulfonamides is 1. The van der Waals surface area contributed by atoms with Crippen LogP contribution in [0.4, 0.5) is 5.69 Å². The fraction of sp³-hybridized carbons (Fsp3) is 0.208. The van der Waals surface area contributed by atoms with Crippen LogP contribution in [0.2, 0.25) is 0 Å². The summed E-state index contributed by atoms with van der Waals surface area (Å²) in [5.41, 5.74) is 2.30. The predicted octanol–water partition coefficient (Wildman–Crippen LogP) is 4.06. The van der Waals surface area contributed by atoms with E-state index < -0.39 is 10.0 Å². The zero-order valence-electron chi connectivity index (χ0n) is 18.2. The quantitative estimate of drug-likeness (QED) is 0.509. The van der Waals surface area contributed by atoms with E-state index in [0.29, 0.717) is 17.2 Å². The van der Waals surface area contributed by atoms with Crippen molar-refractivity contribution in [3.05, 3.63) is 83.9 Å². The Kier molecular flexibility index (Phi) is 7.37. The normalized spacial score (nSPS) is 12.0. The fourth-order valence-corrected chi connectivity index (χ4v) is 4.22. The number of nitrogens with one attached hydrogen (secondary N) is 2. The minimum absolute atomic E-state index is 0.0978. The smallest absolute Gasteiger partial charge is 0.261 e. The highest BCUT2D eigenvalue weighted by molar-refractivity contribution is 7.92. The number of hydrogen-bond donors (Lipinski definition) is 2. The molecule has 0 saturated heterocycles. The van der Waals surface area contributed by atoms with Crippen molar-refractivity contribution in [3.63, 3.8) is 0 Å². The van der Waals surface area contributed by atoms with Gasteiger partial charge in [0.25, 0.3) is 15.9 Å². The number of ether oxygens (including phenoxy) is 2. The van der Waals surface area contributed by atoms with Gasteiger partial charge in [0.1, 0.15) is 11.5 Å². The maximum atomic E-state index is 12.6. The van der Waals surface area contributed by atoms with Crippen LogP contribution in [0, 0.1) is 6.92 Å². The molecule has 2 N–H and O–H groups in total. The number of methoxy groups -OCH3 is 1. The molecule has 0 bridgehead atoms. The Morgan fingerprint density at radius 3 is 2.41 bits per heavy atom. The number of para-hydroxylation sites is 1. The van der Waals surface area contributed by atoms with Crippen molar-refractivity contribution in [1.29, 1.82) is 0 Å². The second-order valence-corrected chi connectivity index (χ2v) is 8.95. The summed E-state index contributed by atoms with van der Waals surface area (Å²) in [6, 6.07) is 20.2. The van der Waals surface area contributed by atoms with E-state index in [0.717, 1.165) is 11.1 Å². The number of anilines is 1. The average molecular weight is 455 g/mol. The number of benzene rings is 3. The Morgan fingerprint density at radius 1 is 1.00 bits per heavy atom. The Bertz CT molecular complexity index is 1180. The Labute approximate surface area is 188 Å². The first-order valence-electron chi connectivity index (χ1n) is 10.0. The van der Waals surface area contributed by atoms with Crippen molar-refractivity contribution in [2.45, 2.75) is 24.8 Å². The van der Waals surface area contributed by atoms with Crippen LogP contribution < -0.4 is 19.5 Å². The Hall–Kier alpha value is -3.52. The van der Waals surface area contributed by atoms with Gasteiger partial charge in [0.2, 0.25) is 0 Å². The fourth-order valence-electron chi connectivity index (χ4n) is 3.17. The lowest BCUT2D eigenvalue weighted by Crippen LogP contribution is -2.31. The molecule has 168 valence electrons. The number of rotatable bonds is 9. The van der Waals surface area contributed by atoms with E-state index in [9.17, 15) is 13.2 Å². The molecule has 0 aliphatic heterocycles. The minimum atomic E-state index is -3.73. The Balaban J connectivity index is 1.57. The maximum absolute atomic E-state index is 12.6. The van der Waals surface area contributed by atoms with Crippen molar-refractivity contribution in [2.24, 2.45) is 0 Å². The van der Waals surface area contributed by atoms with Crippen molar-refractivity contribution in [2.75, 3.05) is 18.4 Å². The first-order valence-corrected chi connectivity index (χ1v) is 11.5. The standard InChI is InChI=1S/C24H26N2O5S/c1-17-7-6-8-19(15-17)26-32(28,29)21-13-11-20(12-14-21)31-16-24(27)25-18(2)22-9-4-5-10-23(22)30-3/h4-15,18,26H,16H2,1-3H3,(H,25,27)/t18-/m0/s1. The summed E-state index contributed by atoms with van der Waals surface area (Å²) in [4.78, 5) is 12.4. The summed E-state index contributed by atoms with van der Waals surface area (Å²) < 4.78 is 38.5. The third kappa shape index (κ3) is 6.01. The first kappa shape index (κ1) is 23.1. The van der Waals surface area contributed by atoms with Crippen LogP contribution in [0.3, 0.4) is 0 Å². The average Bonchev–Trinajstić information content (AvgIpc) is 2.77. The molecule has 1 amide bonds. The van der Waals surface area contributed by atoms with Crippen LogP contribution in [0.5, 0.6) is 11.5 Å². The summed E-state index contributed by atoms with van der Waals surface area (Å²) in [6.45, 7) is 3.54. The van der Waals surface area contributed by atoms with Crippen molar-refractivity contribution in [3.8, 4) is 11.5 Å². The number of hydrogen-bond acceptors (Lipinski definition) is 5. The SMILES string of the molecule is COc1ccccc1[C@H](C)NC(=O)COc1ccc(S(=O)(=O)Nc2cccc(C)c2)cc1. The van der Waals surface area contributed by atoms with Gasteiger partial charge in [-0.25, -0.2) is 8.42 Å². The molecule has 0 fully saturated rings. The lowest BCUT2D eigenvalue weighted by atomic mass is 10.1. The van der Waals surface area contributed by atoms with E-state index in [1.165, 1.54) is 24.3 Å². The van der Waals surface area contributed by atoms with Crippen LogP contribution in [0.25, 0.3) is 0 Å². The summed E-state index contributed by atoms with van der Waals surface area (Å²) in [5, 5.41) is 2.86. The van der Waals surface area contributed by atoms with Gasteiger partial charge in [-0.2, -0.15) is 0 Å². The van der Waals surface area contributed by atoms with Crippen LogP contribution in [0.1, 0.15) is 24.1 Å². The highest BCUT2D eigenvalue weighted by Crippen LogP contribution is 2.24. The molecule has 0 heterocycles. The third-order valence-corrected chi connectivity index (χ3v) is 6.15. The van der Waals surface area contributed by atoms with Gasteiger partial charge in [-0.1, -0.05) is 30.3 Å². The molecule has 7 nitrogen and oxygen atoms in total. The monoisotopic (exact) mass is 454 g/mol. The van der Waals surface area contributed by atoms with Gasteiger partial charge in [0, 0.05) is 11.3 Å². The lowest BCUT2D eigenvalue weighted by molar-refractivity contribution is -0.123. The van der Waals surface area contributed by atoms with Crippen LogP contribution in [-0.2, 0) is 14.8 Å². The molecular weight excluding hydrogens is 428 g/mol. The van der Waals surface area contributed by atoms with Gasteiger partial charge in [0.05, 0.1) is 18.0 Å². The van der Waals surface area contributed by atoms with E-state index >= 15 is 0 Å². The van der Waals surface area contributed by atoms with Gasteiger partial charge >= 0.3 is 0 Å². The van der Waals surface area contributed by atoms with Crippen molar-refractivity contribution < 1.29 is 22.7 Å². The molecule has 3 aromatic carbocycles. The predicted molar refractivity (Wildman–Crippen MR) is 123 cm³/mol. The molecule has 0 aliphatic rings. The maximum Gasteiger partial charge on any atom is 0.261 e. The van der Waals surface area contributed by atoms with E-state index in [1.54, 1.807) is 25.3 Å². The summed E-state index contributed by atoms with van der Waals surface area (Å²) in [6.07, 6.45) is 0. The lowest BCUT2D eigenvalue weighted by Gasteiger charge is -2.17. The van der Waals surface area contributed by atoms with Gasteiger partial charge in [-0.05, 0) is 61.9 Å². The number of carbonyl (C=O) groups excluding carboxylic acids is 1. The molecule has 0 radical (unpaired) electrons. The summed E-state index contributed by atoms with van der Waals surface area (Å²) in [7, 11) is -2.15. The molecule has 3 rings (SSSR count). The van der Waals surface area contributed by atoms with Crippen molar-refractivity contribution in [1.82, 2.24) is 5.32 Å². The minimum Gasteiger partial charge on any atom is -0.496 e. The number of carbonyl (C=O) groups is 1. The second kappa shape index (κ2) is 10.2. The molecule has 0 saturated carbocycles.